The summed E-state index contributed by atoms with van der Waals surface area (Å²) in [4.78, 5) is 21.6. The van der Waals surface area contributed by atoms with E-state index < -0.39 is 23.6 Å². The third kappa shape index (κ3) is 3.82. The summed E-state index contributed by atoms with van der Waals surface area (Å²) < 4.78 is 15.9. The van der Waals surface area contributed by atoms with Crippen LogP contribution in [0.4, 0.5) is 0 Å². The normalized spacial score (nSPS) is 19.2. The van der Waals surface area contributed by atoms with Gasteiger partial charge in [0.05, 0.1) is 25.7 Å². The highest BCUT2D eigenvalue weighted by molar-refractivity contribution is 5.85. The first kappa shape index (κ1) is 14.7. The van der Waals surface area contributed by atoms with Crippen molar-refractivity contribution in [2.75, 3.05) is 19.8 Å². The molecule has 0 aromatic carbocycles. The van der Waals surface area contributed by atoms with Crippen LogP contribution in [-0.2, 0) is 23.8 Å². The van der Waals surface area contributed by atoms with Gasteiger partial charge in [0.1, 0.15) is 0 Å². The molecule has 1 heterocycles. The van der Waals surface area contributed by atoms with Gasteiger partial charge < -0.3 is 19.3 Å². The smallest absolute Gasteiger partial charge is 0.330 e. The number of carboxylic acid groups (broad SMARTS) is 1. The Bertz CT molecular complexity index is 342. The van der Waals surface area contributed by atoms with Crippen LogP contribution in [0.3, 0.4) is 0 Å². The summed E-state index contributed by atoms with van der Waals surface area (Å²) in [6.07, 6.45) is 0.138. The fourth-order valence-corrected chi connectivity index (χ4v) is 1.76. The molecule has 0 radical (unpaired) electrons. The number of hydrogen-bond donors (Lipinski definition) is 1. The van der Waals surface area contributed by atoms with Crippen molar-refractivity contribution in [1.82, 2.24) is 0 Å². The Balaban J connectivity index is 2.71. The molecule has 1 unspecified atom stereocenters. The van der Waals surface area contributed by atoms with Crippen LogP contribution in [0.1, 0.15) is 20.3 Å². The molecule has 1 aliphatic heterocycles. The Morgan fingerprint density at radius 1 is 1.44 bits per heavy atom. The molecule has 1 rings (SSSR count). The molecule has 0 amide bonds. The highest BCUT2D eigenvalue weighted by Gasteiger charge is 2.41. The number of aliphatic carboxylic acids is 1. The van der Waals surface area contributed by atoms with Crippen LogP contribution in [0.5, 0.6) is 0 Å². The lowest BCUT2D eigenvalue weighted by Gasteiger charge is -2.31. The molecule has 6 heteroatoms. The number of rotatable bonds is 6. The predicted octanol–water partition coefficient (Wildman–Crippen LogP) is 0.960. The van der Waals surface area contributed by atoms with Crippen molar-refractivity contribution < 1.29 is 28.9 Å². The van der Waals surface area contributed by atoms with Gasteiger partial charge in [-0.25, -0.2) is 4.79 Å². The van der Waals surface area contributed by atoms with Crippen LogP contribution in [0.2, 0.25) is 0 Å². The third-order valence-electron chi connectivity index (χ3n) is 2.89. The van der Waals surface area contributed by atoms with Crippen LogP contribution in [0.25, 0.3) is 0 Å². The van der Waals surface area contributed by atoms with E-state index in [9.17, 15) is 9.59 Å². The Morgan fingerprint density at radius 2 is 2.00 bits per heavy atom. The van der Waals surface area contributed by atoms with Crippen molar-refractivity contribution in [1.29, 1.82) is 0 Å². The molecule has 0 spiro atoms. The van der Waals surface area contributed by atoms with Gasteiger partial charge in [-0.2, -0.15) is 0 Å². The predicted molar refractivity (Wildman–Crippen MR) is 61.8 cm³/mol. The Labute approximate surface area is 106 Å². The van der Waals surface area contributed by atoms with Gasteiger partial charge in [0, 0.05) is 12.5 Å². The molecular formula is C12H18O6. The summed E-state index contributed by atoms with van der Waals surface area (Å²) in [5.74, 6) is -2.84. The quantitative estimate of drug-likeness (QED) is 0.564. The number of ether oxygens (including phenoxy) is 3. The van der Waals surface area contributed by atoms with Gasteiger partial charge in [-0.3, -0.25) is 4.79 Å². The molecular weight excluding hydrogens is 240 g/mol. The molecule has 1 atom stereocenters. The molecule has 0 bridgehead atoms. The molecule has 1 N–H and O–H groups in total. The van der Waals surface area contributed by atoms with Crippen molar-refractivity contribution in [2.24, 2.45) is 5.92 Å². The highest BCUT2D eigenvalue weighted by Crippen LogP contribution is 2.32. The number of carboxylic acids is 1. The second-order valence-corrected chi connectivity index (χ2v) is 4.33. The van der Waals surface area contributed by atoms with Crippen molar-refractivity contribution >= 4 is 11.9 Å². The number of hydrogen-bond acceptors (Lipinski definition) is 5. The van der Waals surface area contributed by atoms with E-state index in [1.165, 1.54) is 6.92 Å². The zero-order chi connectivity index (χ0) is 13.8. The average Bonchev–Trinajstić information content (AvgIpc) is 2.71. The Hall–Kier alpha value is -1.40. The van der Waals surface area contributed by atoms with E-state index in [-0.39, 0.29) is 18.6 Å². The monoisotopic (exact) mass is 258 g/mol. The van der Waals surface area contributed by atoms with Crippen molar-refractivity contribution in [3.63, 3.8) is 0 Å². The van der Waals surface area contributed by atoms with E-state index in [0.717, 1.165) is 0 Å². The summed E-state index contributed by atoms with van der Waals surface area (Å²) >= 11 is 0. The SMILES string of the molecule is C=C(CC(COC(C)=O)C1(C)OCCO1)C(=O)O. The van der Waals surface area contributed by atoms with Crippen LogP contribution >= 0.6 is 0 Å². The average molecular weight is 258 g/mol. The molecule has 0 saturated carbocycles. The molecule has 102 valence electrons. The third-order valence-corrected chi connectivity index (χ3v) is 2.89. The first-order chi connectivity index (χ1) is 8.35. The summed E-state index contributed by atoms with van der Waals surface area (Å²) in [6.45, 7) is 7.39. The number of carbonyl (C=O) groups is 2. The minimum atomic E-state index is -1.08. The van der Waals surface area contributed by atoms with E-state index >= 15 is 0 Å². The maximum atomic E-state index is 10.8. The van der Waals surface area contributed by atoms with Crippen LogP contribution < -0.4 is 0 Å². The molecule has 0 aromatic heterocycles. The Kier molecular flexibility index (Phi) is 4.86. The lowest BCUT2D eigenvalue weighted by atomic mass is 9.93. The maximum Gasteiger partial charge on any atom is 0.330 e. The van der Waals surface area contributed by atoms with Crippen LogP contribution in [0.15, 0.2) is 12.2 Å². The largest absolute Gasteiger partial charge is 0.478 e. The van der Waals surface area contributed by atoms with Gasteiger partial charge in [-0.15, -0.1) is 0 Å². The second kappa shape index (κ2) is 5.97. The fraction of sp³-hybridized carbons (Fsp3) is 0.667. The van der Waals surface area contributed by atoms with Gasteiger partial charge >= 0.3 is 11.9 Å². The lowest BCUT2D eigenvalue weighted by molar-refractivity contribution is -0.194. The lowest BCUT2D eigenvalue weighted by Crippen LogP contribution is -2.39. The number of carbonyl (C=O) groups excluding carboxylic acids is 1. The first-order valence-corrected chi connectivity index (χ1v) is 5.67. The molecule has 1 aliphatic rings. The van der Waals surface area contributed by atoms with E-state index in [1.54, 1.807) is 6.92 Å². The first-order valence-electron chi connectivity index (χ1n) is 5.67. The van der Waals surface area contributed by atoms with Gasteiger partial charge in [0.2, 0.25) is 0 Å². The van der Waals surface area contributed by atoms with E-state index in [4.69, 9.17) is 19.3 Å². The standard InChI is InChI=1S/C12H18O6/c1-8(11(14)15)6-10(7-16-9(2)13)12(3)17-4-5-18-12/h10H,1,4-7H2,2-3H3,(H,14,15). The zero-order valence-corrected chi connectivity index (χ0v) is 10.6. The van der Waals surface area contributed by atoms with Gasteiger partial charge in [-0.1, -0.05) is 6.58 Å². The molecule has 1 fully saturated rings. The van der Waals surface area contributed by atoms with E-state index in [2.05, 4.69) is 6.58 Å². The van der Waals surface area contributed by atoms with E-state index in [1.807, 2.05) is 0 Å². The molecule has 1 saturated heterocycles. The van der Waals surface area contributed by atoms with Gasteiger partial charge in [-0.05, 0) is 13.3 Å². The molecule has 6 nitrogen and oxygen atoms in total. The van der Waals surface area contributed by atoms with Crippen molar-refractivity contribution in [3.05, 3.63) is 12.2 Å². The zero-order valence-electron chi connectivity index (χ0n) is 10.6. The highest BCUT2D eigenvalue weighted by atomic mass is 16.7. The minimum Gasteiger partial charge on any atom is -0.478 e. The van der Waals surface area contributed by atoms with Crippen molar-refractivity contribution in [3.8, 4) is 0 Å². The Morgan fingerprint density at radius 3 is 2.44 bits per heavy atom. The molecule has 18 heavy (non-hydrogen) atoms. The fourth-order valence-electron chi connectivity index (χ4n) is 1.76. The van der Waals surface area contributed by atoms with Crippen LogP contribution in [0, 0.1) is 5.92 Å². The number of esters is 1. The van der Waals surface area contributed by atoms with Crippen LogP contribution in [-0.4, -0.2) is 42.7 Å². The second-order valence-electron chi connectivity index (χ2n) is 4.33. The minimum absolute atomic E-state index is 0.0347. The summed E-state index contributed by atoms with van der Waals surface area (Å²) in [5, 5.41) is 8.85. The van der Waals surface area contributed by atoms with E-state index in [0.29, 0.717) is 13.2 Å². The topological polar surface area (TPSA) is 82.1 Å². The van der Waals surface area contributed by atoms with Gasteiger partial charge in [0.25, 0.3) is 0 Å². The van der Waals surface area contributed by atoms with Crippen molar-refractivity contribution in [2.45, 2.75) is 26.1 Å². The van der Waals surface area contributed by atoms with Gasteiger partial charge in [0.15, 0.2) is 5.79 Å². The summed E-state index contributed by atoms with van der Waals surface area (Å²) in [6, 6.07) is 0. The summed E-state index contributed by atoms with van der Waals surface area (Å²) in [5.41, 5.74) is 0.0347. The summed E-state index contributed by atoms with van der Waals surface area (Å²) in [7, 11) is 0. The maximum absolute atomic E-state index is 10.8. The molecule has 0 aromatic rings. The molecule has 0 aliphatic carbocycles.